The smallest absolute Gasteiger partial charge is 0.0953 e. The van der Waals surface area contributed by atoms with Crippen LogP contribution in [-0.2, 0) is 0 Å². The molecule has 280 valence electrons. The normalized spacial score (nSPS) is 14.1. The zero-order chi connectivity index (χ0) is 39.3. The Morgan fingerprint density at radius 3 is 1.83 bits per heavy atom. The SMILES string of the molecule is c1ccc(C2=Nc3ccccc3NC2c2ccc(-n3c4ccc5ccccc5c4c4c5ccccc5c5c6ccccc6n(-c6ccccc6)c5c43)c3ccccc23)cc1. The summed E-state index contributed by atoms with van der Waals surface area (Å²) in [7, 11) is 0. The molecule has 0 radical (unpaired) electrons. The highest BCUT2D eigenvalue weighted by Crippen LogP contribution is 2.49. The van der Waals surface area contributed by atoms with Crippen LogP contribution in [0, 0.1) is 0 Å². The van der Waals surface area contributed by atoms with Gasteiger partial charge >= 0.3 is 0 Å². The zero-order valence-corrected chi connectivity index (χ0v) is 32.5. The van der Waals surface area contributed by atoms with Gasteiger partial charge in [-0.1, -0.05) is 164 Å². The molecule has 0 aliphatic carbocycles. The molecule has 1 aliphatic rings. The van der Waals surface area contributed by atoms with E-state index in [-0.39, 0.29) is 6.04 Å². The zero-order valence-electron chi connectivity index (χ0n) is 32.5. The summed E-state index contributed by atoms with van der Waals surface area (Å²) in [4.78, 5) is 5.33. The molecule has 1 N–H and O–H groups in total. The molecular formula is C56H36N4. The number of anilines is 1. The van der Waals surface area contributed by atoms with Gasteiger partial charge in [-0.3, -0.25) is 0 Å². The van der Waals surface area contributed by atoms with Crippen molar-refractivity contribution in [3.8, 4) is 11.4 Å². The van der Waals surface area contributed by atoms with E-state index in [2.05, 4.69) is 221 Å². The van der Waals surface area contributed by atoms with Gasteiger partial charge in [0.1, 0.15) is 0 Å². The van der Waals surface area contributed by atoms with E-state index in [1.54, 1.807) is 0 Å². The van der Waals surface area contributed by atoms with E-state index in [4.69, 9.17) is 4.99 Å². The Bertz CT molecular complexity index is 3740. The van der Waals surface area contributed by atoms with E-state index in [9.17, 15) is 0 Å². The van der Waals surface area contributed by atoms with Gasteiger partial charge in [-0.15, -0.1) is 0 Å². The van der Waals surface area contributed by atoms with E-state index < -0.39 is 0 Å². The standard InChI is InChI=1S/C56H36N4/c1-3-18-36(19-4-1)53-54(58-46-29-15-14-28-45(46)57-53)43-32-34-48(40-24-10-9-23-39(40)43)60-49-33-31-35-17-7-8-22-38(35)51(49)52-42-26-12-11-25-41(42)50-44-27-13-16-30-47(44)59(55(50)56(52)60)37-20-5-2-6-21-37/h1-34,54,58H. The van der Waals surface area contributed by atoms with Crippen molar-refractivity contribution in [3.05, 3.63) is 217 Å². The first-order valence-corrected chi connectivity index (χ1v) is 20.7. The van der Waals surface area contributed by atoms with Crippen LogP contribution in [0.5, 0.6) is 0 Å². The predicted octanol–water partition coefficient (Wildman–Crippen LogP) is 14.6. The predicted molar refractivity (Wildman–Crippen MR) is 253 cm³/mol. The topological polar surface area (TPSA) is 34.2 Å². The van der Waals surface area contributed by atoms with Crippen molar-refractivity contribution in [2.24, 2.45) is 4.99 Å². The largest absolute Gasteiger partial charge is 0.371 e. The molecule has 0 saturated carbocycles. The second kappa shape index (κ2) is 12.8. The second-order valence-corrected chi connectivity index (χ2v) is 15.9. The number of fused-ring (bicyclic) bond motifs is 14. The number of benzene rings is 10. The number of aromatic nitrogens is 2. The Morgan fingerprint density at radius 2 is 1.02 bits per heavy atom. The van der Waals surface area contributed by atoms with Crippen LogP contribution < -0.4 is 5.32 Å². The number of hydrogen-bond donors (Lipinski definition) is 1. The van der Waals surface area contributed by atoms with E-state index in [0.29, 0.717) is 0 Å². The third-order valence-electron chi connectivity index (χ3n) is 12.7. The van der Waals surface area contributed by atoms with Gasteiger partial charge in [0.2, 0.25) is 0 Å². The summed E-state index contributed by atoms with van der Waals surface area (Å²) < 4.78 is 5.08. The van der Waals surface area contributed by atoms with Crippen LogP contribution in [-0.4, -0.2) is 14.8 Å². The minimum absolute atomic E-state index is 0.167. The molecule has 1 aliphatic heterocycles. The molecule has 0 amide bonds. The number of nitrogens with one attached hydrogen (secondary N) is 1. The molecule has 12 aromatic rings. The minimum Gasteiger partial charge on any atom is -0.371 e. The summed E-state index contributed by atoms with van der Waals surface area (Å²) >= 11 is 0. The van der Waals surface area contributed by atoms with Gasteiger partial charge < -0.3 is 14.5 Å². The fourth-order valence-electron chi connectivity index (χ4n) is 10.2. The van der Waals surface area contributed by atoms with Crippen LogP contribution in [0.15, 0.2) is 211 Å². The minimum atomic E-state index is -0.167. The fraction of sp³-hybridized carbons (Fsp3) is 0.0179. The van der Waals surface area contributed by atoms with E-state index in [1.165, 1.54) is 81.5 Å². The summed E-state index contributed by atoms with van der Waals surface area (Å²) in [6, 6.07) is 74.8. The van der Waals surface area contributed by atoms with Crippen molar-refractivity contribution in [1.82, 2.24) is 9.13 Å². The van der Waals surface area contributed by atoms with Gasteiger partial charge in [-0.05, 0) is 80.5 Å². The quantitative estimate of drug-likeness (QED) is 0.190. The van der Waals surface area contributed by atoms with Crippen LogP contribution >= 0.6 is 0 Å². The lowest BCUT2D eigenvalue weighted by atomic mass is 9.90. The lowest BCUT2D eigenvalue weighted by Gasteiger charge is -2.29. The van der Waals surface area contributed by atoms with E-state index in [0.717, 1.165) is 34.0 Å². The highest BCUT2D eigenvalue weighted by molar-refractivity contribution is 6.39. The highest BCUT2D eigenvalue weighted by atomic mass is 15.1. The van der Waals surface area contributed by atoms with Crippen molar-refractivity contribution in [2.75, 3.05) is 5.32 Å². The number of hydrogen-bond acceptors (Lipinski definition) is 2. The van der Waals surface area contributed by atoms with E-state index >= 15 is 0 Å². The van der Waals surface area contributed by atoms with Crippen molar-refractivity contribution in [3.63, 3.8) is 0 Å². The Labute approximate surface area is 345 Å². The highest BCUT2D eigenvalue weighted by Gasteiger charge is 2.29. The summed E-state index contributed by atoms with van der Waals surface area (Å²) in [5, 5.41) is 16.3. The fourth-order valence-corrected chi connectivity index (χ4v) is 10.2. The first-order chi connectivity index (χ1) is 29.8. The van der Waals surface area contributed by atoms with Gasteiger partial charge in [0.15, 0.2) is 0 Å². The number of para-hydroxylation sites is 4. The maximum absolute atomic E-state index is 5.33. The molecule has 0 saturated heterocycles. The Morgan fingerprint density at radius 1 is 0.400 bits per heavy atom. The number of rotatable bonds is 4. The van der Waals surface area contributed by atoms with Crippen molar-refractivity contribution < 1.29 is 0 Å². The van der Waals surface area contributed by atoms with Gasteiger partial charge in [-0.2, -0.15) is 0 Å². The Kier molecular flexibility index (Phi) is 7.04. The summed E-state index contributed by atoms with van der Waals surface area (Å²) in [5.74, 6) is 0. The molecule has 4 nitrogen and oxygen atoms in total. The van der Waals surface area contributed by atoms with Crippen molar-refractivity contribution in [2.45, 2.75) is 6.04 Å². The molecule has 60 heavy (non-hydrogen) atoms. The lowest BCUT2D eigenvalue weighted by molar-refractivity contribution is 1.02. The van der Waals surface area contributed by atoms with Gasteiger partial charge in [0, 0.05) is 32.6 Å². The Hall–Kier alpha value is -7.95. The van der Waals surface area contributed by atoms with Crippen LogP contribution in [0.1, 0.15) is 17.2 Å². The maximum Gasteiger partial charge on any atom is 0.0953 e. The van der Waals surface area contributed by atoms with Crippen LogP contribution in [0.25, 0.3) is 87.3 Å². The number of aliphatic imine (C=N–C) groups is 1. The van der Waals surface area contributed by atoms with Gasteiger partial charge in [0.05, 0.1) is 50.9 Å². The monoisotopic (exact) mass is 764 g/mol. The molecule has 10 aromatic carbocycles. The maximum atomic E-state index is 5.33. The molecule has 0 spiro atoms. The molecule has 4 heteroatoms. The molecule has 3 heterocycles. The molecular weight excluding hydrogens is 729 g/mol. The summed E-state index contributed by atoms with van der Waals surface area (Å²) in [6.07, 6.45) is 0. The molecule has 1 atom stereocenters. The third-order valence-corrected chi connectivity index (χ3v) is 12.7. The van der Waals surface area contributed by atoms with Crippen LogP contribution in [0.2, 0.25) is 0 Å². The molecule has 0 bridgehead atoms. The van der Waals surface area contributed by atoms with Crippen LogP contribution in [0.4, 0.5) is 11.4 Å². The second-order valence-electron chi connectivity index (χ2n) is 15.9. The Balaban J connectivity index is 1.21. The van der Waals surface area contributed by atoms with Crippen LogP contribution in [0.3, 0.4) is 0 Å². The first-order valence-electron chi connectivity index (χ1n) is 20.7. The average molecular weight is 765 g/mol. The summed E-state index contributed by atoms with van der Waals surface area (Å²) in [6.45, 7) is 0. The lowest BCUT2D eigenvalue weighted by Crippen LogP contribution is -2.25. The first kappa shape index (κ1) is 33.1. The van der Waals surface area contributed by atoms with Crippen molar-refractivity contribution >= 4 is 93.0 Å². The third kappa shape index (κ3) is 4.64. The molecule has 1 unspecified atom stereocenters. The van der Waals surface area contributed by atoms with Gasteiger partial charge in [-0.25, -0.2) is 4.99 Å². The van der Waals surface area contributed by atoms with E-state index in [1.807, 2.05) is 0 Å². The average Bonchev–Trinajstić information content (AvgIpc) is 3.86. The summed E-state index contributed by atoms with van der Waals surface area (Å²) in [5.41, 5.74) is 12.3. The van der Waals surface area contributed by atoms with Crippen molar-refractivity contribution in [1.29, 1.82) is 0 Å². The van der Waals surface area contributed by atoms with Gasteiger partial charge in [0.25, 0.3) is 0 Å². The number of nitrogens with zero attached hydrogens (tertiary/aromatic N) is 3. The molecule has 0 fully saturated rings. The molecule has 13 rings (SSSR count). The molecule has 2 aromatic heterocycles.